The van der Waals surface area contributed by atoms with E-state index in [4.69, 9.17) is 16.3 Å². The van der Waals surface area contributed by atoms with E-state index in [1.54, 1.807) is 19.1 Å². The fourth-order valence-corrected chi connectivity index (χ4v) is 2.57. The molecule has 0 aliphatic carbocycles. The fraction of sp³-hybridized carbons (Fsp3) is 0.350. The van der Waals surface area contributed by atoms with E-state index in [1.165, 1.54) is 5.56 Å². The highest BCUT2D eigenvalue weighted by Gasteiger charge is 2.19. The average Bonchev–Trinajstić information content (AvgIpc) is 2.56. The van der Waals surface area contributed by atoms with E-state index in [0.29, 0.717) is 10.8 Å². The number of rotatable bonds is 6. The van der Waals surface area contributed by atoms with Gasteiger partial charge in [0.05, 0.1) is 6.04 Å². The third-order valence-electron chi connectivity index (χ3n) is 4.02. The van der Waals surface area contributed by atoms with Crippen LogP contribution in [0.1, 0.15) is 43.0 Å². The van der Waals surface area contributed by atoms with Crippen LogP contribution in [0.2, 0.25) is 5.02 Å². The first kappa shape index (κ1) is 18.3. The summed E-state index contributed by atoms with van der Waals surface area (Å²) < 4.78 is 5.74. The van der Waals surface area contributed by atoms with E-state index in [-0.39, 0.29) is 11.9 Å². The molecule has 2 aromatic rings. The van der Waals surface area contributed by atoms with Crippen LogP contribution in [0.25, 0.3) is 0 Å². The van der Waals surface area contributed by atoms with E-state index in [1.807, 2.05) is 19.9 Å². The van der Waals surface area contributed by atoms with Crippen molar-refractivity contribution in [2.75, 3.05) is 0 Å². The quantitative estimate of drug-likeness (QED) is 0.800. The molecule has 4 heteroatoms. The van der Waals surface area contributed by atoms with Gasteiger partial charge in [0.25, 0.3) is 5.91 Å². The Kier molecular flexibility index (Phi) is 6.27. The van der Waals surface area contributed by atoms with E-state index in [9.17, 15) is 4.79 Å². The zero-order valence-corrected chi connectivity index (χ0v) is 15.4. The Balaban J connectivity index is 2.01. The molecule has 0 spiro atoms. The van der Waals surface area contributed by atoms with Gasteiger partial charge in [0.2, 0.25) is 0 Å². The van der Waals surface area contributed by atoms with E-state index < -0.39 is 6.10 Å². The highest BCUT2D eigenvalue weighted by molar-refractivity contribution is 6.31. The Morgan fingerprint density at radius 1 is 1.17 bits per heavy atom. The van der Waals surface area contributed by atoms with Crippen LogP contribution in [0.15, 0.2) is 42.5 Å². The molecule has 0 bridgehead atoms. The summed E-state index contributed by atoms with van der Waals surface area (Å²) in [5.74, 6) is 0.512. The van der Waals surface area contributed by atoms with Gasteiger partial charge in [0, 0.05) is 5.02 Å². The Morgan fingerprint density at radius 2 is 1.83 bits per heavy atom. The summed E-state index contributed by atoms with van der Waals surface area (Å²) in [7, 11) is 0. The number of hydrogen-bond acceptors (Lipinski definition) is 2. The molecule has 128 valence electrons. The molecule has 0 saturated heterocycles. The smallest absolute Gasteiger partial charge is 0.261 e. The predicted octanol–water partition coefficient (Wildman–Crippen LogP) is 4.99. The van der Waals surface area contributed by atoms with Crippen molar-refractivity contribution in [3.63, 3.8) is 0 Å². The molecule has 0 fully saturated rings. The summed E-state index contributed by atoms with van der Waals surface area (Å²) in [6, 6.07) is 13.6. The maximum atomic E-state index is 12.4. The summed E-state index contributed by atoms with van der Waals surface area (Å²) in [6.07, 6.45) is 0.242. The lowest BCUT2D eigenvalue weighted by Crippen LogP contribution is -2.38. The monoisotopic (exact) mass is 345 g/mol. The molecule has 3 nitrogen and oxygen atoms in total. The minimum atomic E-state index is -0.579. The van der Waals surface area contributed by atoms with Gasteiger partial charge < -0.3 is 10.1 Å². The zero-order chi connectivity index (χ0) is 17.7. The van der Waals surface area contributed by atoms with Crippen molar-refractivity contribution >= 4 is 17.5 Å². The predicted molar refractivity (Wildman–Crippen MR) is 98.6 cm³/mol. The molecular weight excluding hydrogens is 322 g/mol. The first-order chi connectivity index (χ1) is 11.4. The molecule has 1 amide bonds. The number of benzene rings is 2. The molecule has 2 atom stereocenters. The van der Waals surface area contributed by atoms with Gasteiger partial charge in [-0.05, 0) is 56.5 Å². The maximum Gasteiger partial charge on any atom is 0.261 e. The van der Waals surface area contributed by atoms with Gasteiger partial charge in [-0.25, -0.2) is 0 Å². The van der Waals surface area contributed by atoms with Gasteiger partial charge >= 0.3 is 0 Å². The molecule has 0 aliphatic heterocycles. The molecule has 24 heavy (non-hydrogen) atoms. The van der Waals surface area contributed by atoms with E-state index >= 15 is 0 Å². The molecule has 0 saturated carbocycles. The number of amides is 1. The van der Waals surface area contributed by atoms with Gasteiger partial charge in [-0.3, -0.25) is 4.79 Å². The molecule has 2 rings (SSSR count). The summed E-state index contributed by atoms with van der Waals surface area (Å²) >= 11 is 6.01. The third-order valence-corrected chi connectivity index (χ3v) is 4.44. The Hall–Kier alpha value is -2.00. The summed E-state index contributed by atoms with van der Waals surface area (Å²) in [6.45, 7) is 7.76. The van der Waals surface area contributed by atoms with Crippen LogP contribution >= 0.6 is 11.6 Å². The number of aryl methyl sites for hydroxylation is 2. The lowest BCUT2D eigenvalue weighted by atomic mass is 10.0. The molecule has 0 unspecified atom stereocenters. The van der Waals surface area contributed by atoms with Crippen molar-refractivity contribution in [2.45, 2.75) is 46.3 Å². The third kappa shape index (κ3) is 4.75. The Morgan fingerprint density at radius 3 is 2.42 bits per heavy atom. The number of hydrogen-bond donors (Lipinski definition) is 1. The molecule has 0 radical (unpaired) electrons. The van der Waals surface area contributed by atoms with E-state index in [2.05, 4.69) is 36.5 Å². The SMILES string of the molecule is CC[C@@H](NC(=O)[C@@H](C)Oc1ccc(Cl)c(C)c1)c1ccc(C)cc1. The van der Waals surface area contributed by atoms with Gasteiger partial charge in [0.1, 0.15) is 5.75 Å². The van der Waals surface area contributed by atoms with Gasteiger partial charge in [0.15, 0.2) is 6.10 Å². The molecule has 0 aromatic heterocycles. The first-order valence-electron chi connectivity index (χ1n) is 8.20. The van der Waals surface area contributed by atoms with Crippen molar-refractivity contribution in [3.05, 3.63) is 64.2 Å². The average molecular weight is 346 g/mol. The number of carbonyl (C=O) groups excluding carboxylic acids is 1. The first-order valence-corrected chi connectivity index (χ1v) is 8.58. The van der Waals surface area contributed by atoms with Gasteiger partial charge in [-0.15, -0.1) is 0 Å². The highest BCUT2D eigenvalue weighted by Crippen LogP contribution is 2.22. The van der Waals surface area contributed by atoms with Crippen LogP contribution in [0.3, 0.4) is 0 Å². The van der Waals surface area contributed by atoms with Crippen molar-refractivity contribution in [1.82, 2.24) is 5.32 Å². The van der Waals surface area contributed by atoms with Crippen molar-refractivity contribution in [1.29, 1.82) is 0 Å². The standard InChI is InChI=1S/C20H24ClNO2/c1-5-19(16-8-6-13(2)7-9-16)22-20(23)15(4)24-17-10-11-18(21)14(3)12-17/h6-12,15,19H,5H2,1-4H3,(H,22,23)/t15-,19-/m1/s1. The highest BCUT2D eigenvalue weighted by atomic mass is 35.5. The van der Waals surface area contributed by atoms with Gasteiger partial charge in [-0.1, -0.05) is 48.4 Å². The van der Waals surface area contributed by atoms with Crippen molar-refractivity contribution in [2.24, 2.45) is 0 Å². The van der Waals surface area contributed by atoms with E-state index in [0.717, 1.165) is 17.5 Å². The molecule has 0 aliphatic rings. The lowest BCUT2D eigenvalue weighted by Gasteiger charge is -2.21. The maximum absolute atomic E-state index is 12.4. The van der Waals surface area contributed by atoms with Crippen LogP contribution in [-0.2, 0) is 4.79 Å². The Bertz CT molecular complexity index is 697. The molecule has 0 heterocycles. The number of carbonyl (C=O) groups is 1. The Labute approximate surface area is 149 Å². The minimum absolute atomic E-state index is 0.0175. The second-order valence-corrected chi connectivity index (χ2v) is 6.46. The number of ether oxygens (including phenoxy) is 1. The fourth-order valence-electron chi connectivity index (χ4n) is 2.46. The van der Waals surface area contributed by atoms with Crippen LogP contribution < -0.4 is 10.1 Å². The normalized spacial score (nSPS) is 13.2. The topological polar surface area (TPSA) is 38.3 Å². The minimum Gasteiger partial charge on any atom is -0.481 e. The van der Waals surface area contributed by atoms with Crippen LogP contribution in [0.4, 0.5) is 0 Å². The number of nitrogens with one attached hydrogen (secondary N) is 1. The second-order valence-electron chi connectivity index (χ2n) is 6.05. The molecule has 1 N–H and O–H groups in total. The second kappa shape index (κ2) is 8.20. The van der Waals surface area contributed by atoms with Crippen molar-refractivity contribution in [3.8, 4) is 5.75 Å². The van der Waals surface area contributed by atoms with Gasteiger partial charge in [-0.2, -0.15) is 0 Å². The van der Waals surface area contributed by atoms with Crippen LogP contribution in [0, 0.1) is 13.8 Å². The zero-order valence-electron chi connectivity index (χ0n) is 14.6. The largest absolute Gasteiger partial charge is 0.481 e. The summed E-state index contributed by atoms with van der Waals surface area (Å²) in [5.41, 5.74) is 3.23. The lowest BCUT2D eigenvalue weighted by molar-refractivity contribution is -0.128. The van der Waals surface area contributed by atoms with Crippen molar-refractivity contribution < 1.29 is 9.53 Å². The summed E-state index contributed by atoms with van der Waals surface area (Å²) in [4.78, 5) is 12.4. The number of halogens is 1. The van der Waals surface area contributed by atoms with Crippen LogP contribution in [-0.4, -0.2) is 12.0 Å². The molecular formula is C20H24ClNO2. The summed E-state index contributed by atoms with van der Waals surface area (Å²) in [5, 5.41) is 3.74. The molecule has 2 aromatic carbocycles. The van der Waals surface area contributed by atoms with Crippen LogP contribution in [0.5, 0.6) is 5.75 Å².